The number of nitriles is 2. The average Bonchev–Trinajstić information content (AvgIpc) is 2.62. The lowest BCUT2D eigenvalue weighted by molar-refractivity contribution is 0.459. The maximum Gasteiger partial charge on any atom is 0.131 e. The highest BCUT2D eigenvalue weighted by Gasteiger charge is 2.23. The second-order valence-electron chi connectivity index (χ2n) is 4.94. The van der Waals surface area contributed by atoms with Gasteiger partial charge in [-0.25, -0.2) is 0 Å². The van der Waals surface area contributed by atoms with Crippen LogP contribution in [0.25, 0.3) is 0 Å². The van der Waals surface area contributed by atoms with E-state index < -0.39 is 0 Å². The minimum Gasteiger partial charge on any atom is -0.396 e. The standard InChI is InChI=1S/C14H18N4S/c1-2-10-4-3-6-18(7-5-10)14-11(8-15)13(17)12(9-16)19-14/h10H,2-7,17H2,1H3. The van der Waals surface area contributed by atoms with Gasteiger partial charge in [-0.05, 0) is 25.2 Å². The molecule has 2 N–H and O–H groups in total. The van der Waals surface area contributed by atoms with Gasteiger partial charge in [0.15, 0.2) is 0 Å². The Morgan fingerprint density at radius 3 is 2.74 bits per heavy atom. The third kappa shape index (κ3) is 2.67. The van der Waals surface area contributed by atoms with Crippen LogP contribution in [0, 0.1) is 28.6 Å². The summed E-state index contributed by atoms with van der Waals surface area (Å²) in [5, 5.41) is 19.2. The van der Waals surface area contributed by atoms with Crippen molar-refractivity contribution in [3.63, 3.8) is 0 Å². The molecule has 1 unspecified atom stereocenters. The van der Waals surface area contributed by atoms with Crippen LogP contribution in [0.2, 0.25) is 0 Å². The van der Waals surface area contributed by atoms with E-state index in [2.05, 4.69) is 24.0 Å². The minimum atomic E-state index is 0.348. The first-order valence-corrected chi connectivity index (χ1v) is 7.50. The van der Waals surface area contributed by atoms with Crippen molar-refractivity contribution in [3.8, 4) is 12.1 Å². The monoisotopic (exact) mass is 274 g/mol. The molecule has 0 aromatic carbocycles. The molecule has 2 heterocycles. The highest BCUT2D eigenvalue weighted by Crippen LogP contribution is 2.38. The fraction of sp³-hybridized carbons (Fsp3) is 0.571. The Balaban J connectivity index is 2.27. The lowest BCUT2D eigenvalue weighted by Gasteiger charge is -2.21. The zero-order valence-electron chi connectivity index (χ0n) is 11.1. The lowest BCUT2D eigenvalue weighted by Crippen LogP contribution is -2.24. The SMILES string of the molecule is CCC1CCCN(c2sc(C#N)c(N)c2C#N)CC1. The van der Waals surface area contributed by atoms with Gasteiger partial charge < -0.3 is 10.6 Å². The Bertz CT molecular complexity index is 535. The molecule has 2 rings (SSSR count). The fourth-order valence-electron chi connectivity index (χ4n) is 2.62. The van der Waals surface area contributed by atoms with E-state index in [-0.39, 0.29) is 0 Å². The topological polar surface area (TPSA) is 76.8 Å². The van der Waals surface area contributed by atoms with Crippen molar-refractivity contribution in [1.82, 2.24) is 0 Å². The molecule has 1 aromatic heterocycles. The lowest BCUT2D eigenvalue weighted by atomic mass is 9.98. The number of nitrogens with zero attached hydrogens (tertiary/aromatic N) is 3. The van der Waals surface area contributed by atoms with Gasteiger partial charge in [0, 0.05) is 13.1 Å². The van der Waals surface area contributed by atoms with Crippen molar-refractivity contribution in [3.05, 3.63) is 10.4 Å². The molecule has 1 aromatic rings. The van der Waals surface area contributed by atoms with Crippen LogP contribution in [0.3, 0.4) is 0 Å². The van der Waals surface area contributed by atoms with Gasteiger partial charge in [0.25, 0.3) is 0 Å². The van der Waals surface area contributed by atoms with Crippen molar-refractivity contribution in [2.75, 3.05) is 23.7 Å². The van der Waals surface area contributed by atoms with Crippen LogP contribution >= 0.6 is 11.3 Å². The first-order chi connectivity index (χ1) is 9.21. The Labute approximate surface area is 118 Å². The smallest absolute Gasteiger partial charge is 0.131 e. The van der Waals surface area contributed by atoms with E-state index >= 15 is 0 Å². The maximum absolute atomic E-state index is 9.25. The van der Waals surface area contributed by atoms with Crippen LogP contribution in [0.4, 0.5) is 10.7 Å². The number of thiophene rings is 1. The Morgan fingerprint density at radius 1 is 1.32 bits per heavy atom. The Kier molecular flexibility index (Phi) is 4.29. The van der Waals surface area contributed by atoms with Gasteiger partial charge >= 0.3 is 0 Å². The molecule has 5 heteroatoms. The van der Waals surface area contributed by atoms with E-state index in [4.69, 9.17) is 11.0 Å². The third-order valence-electron chi connectivity index (χ3n) is 3.85. The van der Waals surface area contributed by atoms with Crippen LogP contribution in [0.1, 0.15) is 43.0 Å². The zero-order chi connectivity index (χ0) is 13.8. The van der Waals surface area contributed by atoms with E-state index in [1.807, 2.05) is 0 Å². The molecule has 1 saturated heterocycles. The van der Waals surface area contributed by atoms with E-state index in [1.165, 1.54) is 24.2 Å². The summed E-state index contributed by atoms with van der Waals surface area (Å²) in [7, 11) is 0. The van der Waals surface area contributed by atoms with E-state index in [9.17, 15) is 5.26 Å². The van der Waals surface area contributed by atoms with Crippen LogP contribution in [-0.2, 0) is 0 Å². The zero-order valence-corrected chi connectivity index (χ0v) is 12.0. The molecule has 100 valence electrons. The van der Waals surface area contributed by atoms with E-state index in [0.29, 0.717) is 16.1 Å². The maximum atomic E-state index is 9.25. The molecule has 1 aliphatic heterocycles. The van der Waals surface area contributed by atoms with Crippen molar-refractivity contribution >= 4 is 22.0 Å². The summed E-state index contributed by atoms with van der Waals surface area (Å²) >= 11 is 1.35. The van der Waals surface area contributed by atoms with Gasteiger partial charge in [0.05, 0.1) is 5.69 Å². The summed E-state index contributed by atoms with van der Waals surface area (Å²) in [5.41, 5.74) is 6.69. The fourth-order valence-corrected chi connectivity index (χ4v) is 3.64. The van der Waals surface area contributed by atoms with Crippen molar-refractivity contribution in [2.24, 2.45) is 5.92 Å². The third-order valence-corrected chi connectivity index (χ3v) is 5.02. The predicted molar refractivity (Wildman–Crippen MR) is 78.0 cm³/mol. The van der Waals surface area contributed by atoms with Crippen LogP contribution < -0.4 is 10.6 Å². The molecular formula is C14H18N4S. The quantitative estimate of drug-likeness (QED) is 0.899. The van der Waals surface area contributed by atoms with Gasteiger partial charge in [-0.2, -0.15) is 10.5 Å². The van der Waals surface area contributed by atoms with Crippen molar-refractivity contribution in [2.45, 2.75) is 32.6 Å². The summed E-state index contributed by atoms with van der Waals surface area (Å²) in [4.78, 5) is 2.69. The van der Waals surface area contributed by atoms with Crippen LogP contribution in [0.5, 0.6) is 0 Å². The molecule has 0 bridgehead atoms. The molecule has 1 aliphatic rings. The molecule has 19 heavy (non-hydrogen) atoms. The highest BCUT2D eigenvalue weighted by molar-refractivity contribution is 7.17. The number of nitrogen functional groups attached to an aromatic ring is 1. The average molecular weight is 274 g/mol. The van der Waals surface area contributed by atoms with Gasteiger partial charge in [-0.15, -0.1) is 11.3 Å². The first kappa shape index (κ1) is 13.7. The largest absolute Gasteiger partial charge is 0.396 e. The van der Waals surface area contributed by atoms with E-state index in [0.717, 1.165) is 36.9 Å². The number of rotatable bonds is 2. The summed E-state index contributed by atoms with van der Waals surface area (Å²) in [6.07, 6.45) is 4.76. The molecule has 0 amide bonds. The molecule has 0 saturated carbocycles. The predicted octanol–water partition coefficient (Wildman–Crippen LogP) is 3.09. The summed E-state index contributed by atoms with van der Waals surface area (Å²) < 4.78 is 0. The molecule has 1 atom stereocenters. The van der Waals surface area contributed by atoms with Crippen molar-refractivity contribution < 1.29 is 0 Å². The number of hydrogen-bond acceptors (Lipinski definition) is 5. The van der Waals surface area contributed by atoms with Crippen LogP contribution in [0.15, 0.2) is 0 Å². The van der Waals surface area contributed by atoms with Gasteiger partial charge in [0.2, 0.25) is 0 Å². The summed E-state index contributed by atoms with van der Waals surface area (Å²) in [6.45, 7) is 4.14. The van der Waals surface area contributed by atoms with Gasteiger partial charge in [-0.1, -0.05) is 13.3 Å². The second-order valence-corrected chi connectivity index (χ2v) is 5.94. The number of nitrogens with two attached hydrogens (primary N) is 1. The van der Waals surface area contributed by atoms with Crippen molar-refractivity contribution in [1.29, 1.82) is 10.5 Å². The summed E-state index contributed by atoms with van der Waals surface area (Å²) in [5.74, 6) is 0.781. The highest BCUT2D eigenvalue weighted by atomic mass is 32.1. The Hall–Kier alpha value is -1.72. The molecular weight excluding hydrogens is 256 g/mol. The minimum absolute atomic E-state index is 0.348. The molecule has 0 aliphatic carbocycles. The summed E-state index contributed by atoms with van der Waals surface area (Å²) in [6, 6.07) is 4.23. The first-order valence-electron chi connectivity index (χ1n) is 6.68. The molecule has 4 nitrogen and oxygen atoms in total. The Morgan fingerprint density at radius 2 is 2.11 bits per heavy atom. The van der Waals surface area contributed by atoms with Gasteiger partial charge in [-0.3, -0.25) is 0 Å². The normalized spacial score (nSPS) is 19.5. The molecule has 0 radical (unpaired) electrons. The van der Waals surface area contributed by atoms with Gasteiger partial charge in [0.1, 0.15) is 27.6 Å². The number of anilines is 2. The van der Waals surface area contributed by atoms with Crippen LogP contribution in [-0.4, -0.2) is 13.1 Å². The molecule has 1 fully saturated rings. The number of hydrogen-bond donors (Lipinski definition) is 1. The second kappa shape index (κ2) is 5.95. The molecule has 0 spiro atoms. The van der Waals surface area contributed by atoms with E-state index in [1.54, 1.807) is 0 Å².